The highest BCUT2D eigenvalue weighted by atomic mass is 19.1. The van der Waals surface area contributed by atoms with Crippen LogP contribution in [0.5, 0.6) is 0 Å². The number of nitrogens with one attached hydrogen (secondary N) is 1. The summed E-state index contributed by atoms with van der Waals surface area (Å²) >= 11 is 0. The third-order valence-corrected chi connectivity index (χ3v) is 4.03. The smallest absolute Gasteiger partial charge is 0.227 e. The molecule has 0 radical (unpaired) electrons. The first kappa shape index (κ1) is 16.6. The summed E-state index contributed by atoms with van der Waals surface area (Å²) in [5.74, 6) is -0.659. The average molecular weight is 328 g/mol. The van der Waals surface area contributed by atoms with Gasteiger partial charge in [-0.1, -0.05) is 42.5 Å². The summed E-state index contributed by atoms with van der Waals surface area (Å²) in [7, 11) is 0. The van der Waals surface area contributed by atoms with Crippen LogP contribution >= 0.6 is 0 Å². The van der Waals surface area contributed by atoms with Crippen LogP contribution < -0.4 is 5.32 Å². The Morgan fingerprint density at radius 2 is 1.92 bits per heavy atom. The van der Waals surface area contributed by atoms with Gasteiger partial charge in [0.05, 0.1) is 24.8 Å². The normalized spacial score (nSPS) is 18.3. The minimum atomic E-state index is -0.430. The van der Waals surface area contributed by atoms with E-state index < -0.39 is 5.82 Å². The van der Waals surface area contributed by atoms with Crippen LogP contribution in [0.4, 0.5) is 10.1 Å². The zero-order valence-corrected chi connectivity index (χ0v) is 13.5. The van der Waals surface area contributed by atoms with Gasteiger partial charge in [0.2, 0.25) is 5.91 Å². The Morgan fingerprint density at radius 3 is 2.71 bits per heavy atom. The van der Waals surface area contributed by atoms with E-state index in [4.69, 9.17) is 4.74 Å². The molecule has 1 N–H and O–H groups in total. The zero-order chi connectivity index (χ0) is 16.8. The van der Waals surface area contributed by atoms with Crippen molar-refractivity contribution in [2.75, 3.05) is 25.0 Å². The minimum absolute atomic E-state index is 0.172. The average Bonchev–Trinajstić information content (AvgIpc) is 2.58. The number of benzene rings is 2. The topological polar surface area (TPSA) is 41.6 Å². The number of nitrogens with zero attached hydrogens (tertiary/aromatic N) is 1. The molecule has 0 aromatic heterocycles. The van der Waals surface area contributed by atoms with Crippen molar-refractivity contribution in [3.05, 3.63) is 66.0 Å². The molecule has 0 aliphatic carbocycles. The highest BCUT2D eigenvalue weighted by molar-refractivity contribution is 5.91. The highest BCUT2D eigenvalue weighted by Crippen LogP contribution is 2.16. The van der Waals surface area contributed by atoms with Crippen LogP contribution in [0.1, 0.15) is 12.0 Å². The first-order chi connectivity index (χ1) is 11.7. The molecule has 1 amide bonds. The first-order valence-electron chi connectivity index (χ1n) is 8.13. The largest absolute Gasteiger partial charge is 0.375 e. The van der Waals surface area contributed by atoms with Crippen molar-refractivity contribution in [1.82, 2.24) is 4.90 Å². The Bertz CT molecular complexity index is 678. The van der Waals surface area contributed by atoms with Gasteiger partial charge in [0, 0.05) is 19.6 Å². The summed E-state index contributed by atoms with van der Waals surface area (Å²) in [6.45, 7) is 2.99. The maximum Gasteiger partial charge on any atom is 0.227 e. The SMILES string of the molecule is O=C(CC1CN(Cc2ccccc2)CCO1)Nc1ccccc1F. The summed E-state index contributed by atoms with van der Waals surface area (Å²) in [6, 6.07) is 16.4. The van der Waals surface area contributed by atoms with Gasteiger partial charge in [-0.15, -0.1) is 0 Å². The molecule has 0 bridgehead atoms. The standard InChI is InChI=1S/C19H21FN2O2/c20-17-8-4-5-9-18(17)21-19(23)12-16-14-22(10-11-24-16)13-15-6-2-1-3-7-15/h1-9,16H,10-14H2,(H,21,23). The first-order valence-corrected chi connectivity index (χ1v) is 8.13. The van der Waals surface area contributed by atoms with Crippen molar-refractivity contribution in [3.8, 4) is 0 Å². The van der Waals surface area contributed by atoms with E-state index in [1.807, 2.05) is 18.2 Å². The molecular weight excluding hydrogens is 307 g/mol. The summed E-state index contributed by atoms with van der Waals surface area (Å²) in [6.07, 6.45) is 0.0498. The van der Waals surface area contributed by atoms with Crippen molar-refractivity contribution >= 4 is 11.6 Å². The lowest BCUT2D eigenvalue weighted by molar-refractivity contribution is -0.121. The van der Waals surface area contributed by atoms with Gasteiger partial charge in [-0.2, -0.15) is 0 Å². The number of anilines is 1. The monoisotopic (exact) mass is 328 g/mol. The maximum absolute atomic E-state index is 13.6. The third kappa shape index (κ3) is 4.63. The van der Waals surface area contributed by atoms with E-state index in [0.29, 0.717) is 13.2 Å². The number of amides is 1. The summed E-state index contributed by atoms with van der Waals surface area (Å²) in [5, 5.41) is 2.61. The number of hydrogen-bond acceptors (Lipinski definition) is 3. The number of halogens is 1. The number of rotatable bonds is 5. The van der Waals surface area contributed by atoms with Crippen LogP contribution in [-0.4, -0.2) is 36.6 Å². The lowest BCUT2D eigenvalue weighted by atomic mass is 10.1. The number of carbonyl (C=O) groups excluding carboxylic acids is 1. The maximum atomic E-state index is 13.6. The molecule has 2 aromatic carbocycles. The Labute approximate surface area is 141 Å². The number of morpholine rings is 1. The minimum Gasteiger partial charge on any atom is -0.375 e. The fourth-order valence-corrected chi connectivity index (χ4v) is 2.86. The predicted octanol–water partition coefficient (Wildman–Crippen LogP) is 3.06. The van der Waals surface area contributed by atoms with Gasteiger partial charge in [-0.05, 0) is 17.7 Å². The molecular formula is C19H21FN2O2. The Kier molecular flexibility index (Phi) is 5.56. The van der Waals surface area contributed by atoms with E-state index in [0.717, 1.165) is 13.1 Å². The molecule has 1 atom stereocenters. The predicted molar refractivity (Wildman–Crippen MR) is 91.1 cm³/mol. The van der Waals surface area contributed by atoms with E-state index in [-0.39, 0.29) is 24.1 Å². The molecule has 0 saturated carbocycles. The summed E-state index contributed by atoms with van der Waals surface area (Å²) in [5.41, 5.74) is 1.45. The second-order valence-corrected chi connectivity index (χ2v) is 5.95. The molecule has 24 heavy (non-hydrogen) atoms. The van der Waals surface area contributed by atoms with Crippen molar-refractivity contribution in [1.29, 1.82) is 0 Å². The molecule has 1 aliphatic rings. The number of hydrogen-bond donors (Lipinski definition) is 1. The second kappa shape index (κ2) is 8.04. The van der Waals surface area contributed by atoms with Crippen molar-refractivity contribution < 1.29 is 13.9 Å². The molecule has 1 unspecified atom stereocenters. The molecule has 0 spiro atoms. The van der Waals surface area contributed by atoms with Crippen molar-refractivity contribution in [2.24, 2.45) is 0 Å². The van der Waals surface area contributed by atoms with Crippen molar-refractivity contribution in [3.63, 3.8) is 0 Å². The molecule has 126 valence electrons. The van der Waals surface area contributed by atoms with Crippen LogP contribution in [0.15, 0.2) is 54.6 Å². The third-order valence-electron chi connectivity index (χ3n) is 4.03. The Hall–Kier alpha value is -2.24. The summed E-state index contributed by atoms with van der Waals surface area (Å²) in [4.78, 5) is 14.4. The molecule has 1 saturated heterocycles. The second-order valence-electron chi connectivity index (χ2n) is 5.95. The van der Waals surface area contributed by atoms with E-state index in [9.17, 15) is 9.18 Å². The quantitative estimate of drug-likeness (QED) is 0.917. The highest BCUT2D eigenvalue weighted by Gasteiger charge is 2.23. The van der Waals surface area contributed by atoms with E-state index in [1.54, 1.807) is 18.2 Å². The lowest BCUT2D eigenvalue weighted by Gasteiger charge is -2.32. The number of carbonyl (C=O) groups is 1. The lowest BCUT2D eigenvalue weighted by Crippen LogP contribution is -2.43. The number of para-hydroxylation sites is 1. The molecule has 5 heteroatoms. The van der Waals surface area contributed by atoms with E-state index >= 15 is 0 Å². The van der Waals surface area contributed by atoms with Gasteiger partial charge in [0.25, 0.3) is 0 Å². The van der Waals surface area contributed by atoms with Crippen LogP contribution in [0.25, 0.3) is 0 Å². The molecule has 2 aromatic rings. The molecule has 4 nitrogen and oxygen atoms in total. The Balaban J connectivity index is 1.51. The van der Waals surface area contributed by atoms with E-state index in [2.05, 4.69) is 22.3 Å². The van der Waals surface area contributed by atoms with Crippen molar-refractivity contribution in [2.45, 2.75) is 19.1 Å². The van der Waals surface area contributed by atoms with Gasteiger partial charge in [-0.3, -0.25) is 9.69 Å². The van der Waals surface area contributed by atoms with Gasteiger partial charge in [0.1, 0.15) is 5.82 Å². The van der Waals surface area contributed by atoms with Gasteiger partial charge in [-0.25, -0.2) is 4.39 Å². The molecule has 3 rings (SSSR count). The van der Waals surface area contributed by atoms with Crippen LogP contribution in [0.2, 0.25) is 0 Å². The summed E-state index contributed by atoms with van der Waals surface area (Å²) < 4.78 is 19.3. The van der Waals surface area contributed by atoms with Crippen LogP contribution in [-0.2, 0) is 16.1 Å². The zero-order valence-electron chi connectivity index (χ0n) is 13.5. The molecule has 1 aliphatic heterocycles. The molecule has 1 fully saturated rings. The van der Waals surface area contributed by atoms with E-state index in [1.165, 1.54) is 11.6 Å². The van der Waals surface area contributed by atoms with Crippen LogP contribution in [0, 0.1) is 5.82 Å². The molecule has 1 heterocycles. The fourth-order valence-electron chi connectivity index (χ4n) is 2.86. The van der Waals surface area contributed by atoms with Gasteiger partial charge >= 0.3 is 0 Å². The van der Waals surface area contributed by atoms with Crippen LogP contribution in [0.3, 0.4) is 0 Å². The number of ether oxygens (including phenoxy) is 1. The van der Waals surface area contributed by atoms with Gasteiger partial charge < -0.3 is 10.1 Å². The fraction of sp³-hybridized carbons (Fsp3) is 0.316. The Morgan fingerprint density at radius 1 is 1.17 bits per heavy atom. The van der Waals surface area contributed by atoms with Gasteiger partial charge in [0.15, 0.2) is 0 Å².